The molecule has 0 aromatic heterocycles. The standard InChI is InChI=1S/C14H21N3O4/c1-11(9-16-4-6-20-7-5-16)10-21-14-8-12(17(18)19)2-3-13(14)15/h2-3,8,11H,4-7,9-10,15H2,1H3. The van der Waals surface area contributed by atoms with Crippen LogP contribution >= 0.6 is 0 Å². The van der Waals surface area contributed by atoms with E-state index < -0.39 is 4.92 Å². The fourth-order valence-electron chi connectivity index (χ4n) is 2.27. The van der Waals surface area contributed by atoms with Gasteiger partial charge in [0.1, 0.15) is 5.75 Å². The smallest absolute Gasteiger partial charge is 0.273 e. The quantitative estimate of drug-likeness (QED) is 0.486. The molecule has 0 spiro atoms. The van der Waals surface area contributed by atoms with E-state index in [0.29, 0.717) is 24.0 Å². The summed E-state index contributed by atoms with van der Waals surface area (Å²) in [7, 11) is 0. The Kier molecular flexibility index (Phi) is 5.35. The summed E-state index contributed by atoms with van der Waals surface area (Å²) in [5, 5.41) is 10.8. The Bertz CT molecular complexity index is 489. The molecule has 21 heavy (non-hydrogen) atoms. The molecule has 1 unspecified atom stereocenters. The van der Waals surface area contributed by atoms with Crippen molar-refractivity contribution < 1.29 is 14.4 Å². The molecular weight excluding hydrogens is 274 g/mol. The summed E-state index contributed by atoms with van der Waals surface area (Å²) in [6.07, 6.45) is 0. The predicted octanol–water partition coefficient (Wildman–Crippen LogP) is 1.52. The molecule has 7 heteroatoms. The van der Waals surface area contributed by atoms with Crippen LogP contribution in [0.5, 0.6) is 5.75 Å². The first-order valence-corrected chi connectivity index (χ1v) is 7.03. The van der Waals surface area contributed by atoms with Crippen molar-refractivity contribution in [3.8, 4) is 5.75 Å². The fraction of sp³-hybridized carbons (Fsp3) is 0.571. The van der Waals surface area contributed by atoms with Crippen molar-refractivity contribution >= 4 is 11.4 Å². The summed E-state index contributed by atoms with van der Waals surface area (Å²) < 4.78 is 11.0. The average molecular weight is 295 g/mol. The number of hydrogen-bond donors (Lipinski definition) is 1. The molecule has 0 radical (unpaired) electrons. The second-order valence-corrected chi connectivity index (χ2v) is 5.31. The summed E-state index contributed by atoms with van der Waals surface area (Å²) in [5.74, 6) is 0.680. The maximum atomic E-state index is 10.8. The first kappa shape index (κ1) is 15.5. The molecule has 1 aromatic carbocycles. The summed E-state index contributed by atoms with van der Waals surface area (Å²) in [5.41, 5.74) is 6.19. The molecule has 7 nitrogen and oxygen atoms in total. The lowest BCUT2D eigenvalue weighted by Gasteiger charge is -2.29. The SMILES string of the molecule is CC(COc1cc([N+](=O)[O-])ccc1N)CN1CCOCC1. The highest BCUT2D eigenvalue weighted by atomic mass is 16.6. The molecule has 1 atom stereocenters. The van der Waals surface area contributed by atoms with Gasteiger partial charge in [0.15, 0.2) is 0 Å². The molecule has 1 aromatic rings. The monoisotopic (exact) mass is 295 g/mol. The van der Waals surface area contributed by atoms with Crippen molar-refractivity contribution in [2.24, 2.45) is 5.92 Å². The molecule has 0 saturated carbocycles. The van der Waals surface area contributed by atoms with Gasteiger partial charge < -0.3 is 15.2 Å². The van der Waals surface area contributed by atoms with Crippen molar-refractivity contribution in [2.75, 3.05) is 45.2 Å². The maximum absolute atomic E-state index is 10.8. The highest BCUT2D eigenvalue weighted by molar-refractivity contribution is 5.57. The van der Waals surface area contributed by atoms with E-state index in [-0.39, 0.29) is 5.69 Å². The number of nitrogens with two attached hydrogens (primary N) is 1. The molecule has 1 aliphatic heterocycles. The highest BCUT2D eigenvalue weighted by Gasteiger charge is 2.15. The lowest BCUT2D eigenvalue weighted by Crippen LogP contribution is -2.39. The number of non-ortho nitro benzene ring substituents is 1. The second-order valence-electron chi connectivity index (χ2n) is 5.31. The molecule has 0 bridgehead atoms. The normalized spacial score (nSPS) is 17.4. The summed E-state index contributed by atoms with van der Waals surface area (Å²) >= 11 is 0. The number of hydrogen-bond acceptors (Lipinski definition) is 6. The van der Waals surface area contributed by atoms with Crippen LogP contribution in [-0.2, 0) is 4.74 Å². The van der Waals surface area contributed by atoms with Gasteiger partial charge in [-0.05, 0) is 6.07 Å². The number of nitrogens with zero attached hydrogens (tertiary/aromatic N) is 2. The molecule has 1 fully saturated rings. The Morgan fingerprint density at radius 3 is 2.86 bits per heavy atom. The van der Waals surface area contributed by atoms with Crippen LogP contribution in [0.2, 0.25) is 0 Å². The molecule has 0 amide bonds. The van der Waals surface area contributed by atoms with Gasteiger partial charge in [-0.1, -0.05) is 6.92 Å². The lowest BCUT2D eigenvalue weighted by atomic mass is 10.1. The van der Waals surface area contributed by atoms with E-state index in [9.17, 15) is 10.1 Å². The Morgan fingerprint density at radius 1 is 1.48 bits per heavy atom. The molecule has 0 aliphatic carbocycles. The first-order valence-electron chi connectivity index (χ1n) is 7.03. The van der Waals surface area contributed by atoms with Crippen LogP contribution in [0.1, 0.15) is 6.92 Å². The maximum Gasteiger partial charge on any atom is 0.273 e. The molecule has 1 heterocycles. The van der Waals surface area contributed by atoms with Gasteiger partial charge in [-0.15, -0.1) is 0 Å². The molecule has 1 aliphatic rings. The largest absolute Gasteiger partial charge is 0.491 e. The molecular formula is C14H21N3O4. The summed E-state index contributed by atoms with van der Waals surface area (Å²) in [6.45, 7) is 6.88. The Labute approximate surface area is 123 Å². The van der Waals surface area contributed by atoms with Crippen molar-refractivity contribution in [1.82, 2.24) is 4.90 Å². The van der Waals surface area contributed by atoms with Crippen LogP contribution in [0.4, 0.5) is 11.4 Å². The molecule has 2 N–H and O–H groups in total. The van der Waals surface area contributed by atoms with E-state index in [1.165, 1.54) is 18.2 Å². The van der Waals surface area contributed by atoms with E-state index in [1.54, 1.807) is 0 Å². The van der Waals surface area contributed by atoms with Crippen LogP contribution in [-0.4, -0.2) is 49.3 Å². The number of rotatable bonds is 6. The third kappa shape index (κ3) is 4.57. The number of nitrogen functional groups attached to an aromatic ring is 1. The minimum absolute atomic E-state index is 0.0139. The van der Waals surface area contributed by atoms with Crippen LogP contribution in [0.3, 0.4) is 0 Å². The topological polar surface area (TPSA) is 90.9 Å². The van der Waals surface area contributed by atoms with E-state index >= 15 is 0 Å². The fourth-order valence-corrected chi connectivity index (χ4v) is 2.27. The zero-order chi connectivity index (χ0) is 15.2. The second kappa shape index (κ2) is 7.24. The number of ether oxygens (including phenoxy) is 2. The zero-order valence-electron chi connectivity index (χ0n) is 12.2. The van der Waals surface area contributed by atoms with Crippen molar-refractivity contribution in [2.45, 2.75) is 6.92 Å². The van der Waals surface area contributed by atoms with Crippen LogP contribution in [0.15, 0.2) is 18.2 Å². The number of anilines is 1. The molecule has 1 saturated heterocycles. The van der Waals surface area contributed by atoms with Gasteiger partial charge in [-0.25, -0.2) is 0 Å². The Balaban J connectivity index is 1.86. The van der Waals surface area contributed by atoms with E-state index in [4.69, 9.17) is 15.2 Å². The van der Waals surface area contributed by atoms with Gasteiger partial charge in [-0.3, -0.25) is 15.0 Å². The van der Waals surface area contributed by atoms with Crippen LogP contribution in [0, 0.1) is 16.0 Å². The Hall–Kier alpha value is -1.86. The predicted molar refractivity (Wildman–Crippen MR) is 79.4 cm³/mol. The summed E-state index contributed by atoms with van der Waals surface area (Å²) in [6, 6.07) is 4.25. The summed E-state index contributed by atoms with van der Waals surface area (Å²) in [4.78, 5) is 12.6. The number of nitro benzene ring substituents is 1. The van der Waals surface area contributed by atoms with Gasteiger partial charge in [0.25, 0.3) is 5.69 Å². The third-order valence-corrected chi connectivity index (χ3v) is 3.40. The van der Waals surface area contributed by atoms with Crippen LogP contribution in [0.25, 0.3) is 0 Å². The molecule has 2 rings (SSSR count). The number of benzene rings is 1. The van der Waals surface area contributed by atoms with E-state index in [2.05, 4.69) is 11.8 Å². The first-order chi connectivity index (χ1) is 10.1. The zero-order valence-corrected chi connectivity index (χ0v) is 12.2. The van der Waals surface area contributed by atoms with E-state index in [1.807, 2.05) is 0 Å². The van der Waals surface area contributed by atoms with Gasteiger partial charge in [-0.2, -0.15) is 0 Å². The highest BCUT2D eigenvalue weighted by Crippen LogP contribution is 2.27. The van der Waals surface area contributed by atoms with Crippen molar-refractivity contribution in [1.29, 1.82) is 0 Å². The minimum atomic E-state index is -0.455. The minimum Gasteiger partial charge on any atom is -0.491 e. The van der Waals surface area contributed by atoms with E-state index in [0.717, 1.165) is 32.8 Å². The Morgan fingerprint density at radius 2 is 2.19 bits per heavy atom. The van der Waals surface area contributed by atoms with Gasteiger partial charge in [0.05, 0.1) is 36.5 Å². The van der Waals surface area contributed by atoms with Crippen molar-refractivity contribution in [3.63, 3.8) is 0 Å². The lowest BCUT2D eigenvalue weighted by molar-refractivity contribution is -0.384. The number of morpholine rings is 1. The van der Waals surface area contributed by atoms with Gasteiger partial charge >= 0.3 is 0 Å². The van der Waals surface area contributed by atoms with Crippen LogP contribution < -0.4 is 10.5 Å². The van der Waals surface area contributed by atoms with Gasteiger partial charge in [0.2, 0.25) is 0 Å². The number of nitro groups is 1. The average Bonchev–Trinajstić information content (AvgIpc) is 2.47. The molecule has 116 valence electrons. The third-order valence-electron chi connectivity index (χ3n) is 3.40. The van der Waals surface area contributed by atoms with Gasteiger partial charge in [0, 0.05) is 31.6 Å². The van der Waals surface area contributed by atoms with Crippen molar-refractivity contribution in [3.05, 3.63) is 28.3 Å².